The van der Waals surface area contributed by atoms with E-state index in [-0.39, 0.29) is 18.7 Å². The summed E-state index contributed by atoms with van der Waals surface area (Å²) in [5.41, 5.74) is 3.95. The fourth-order valence-corrected chi connectivity index (χ4v) is 1.78. The van der Waals surface area contributed by atoms with E-state index < -0.39 is 5.91 Å². The topological polar surface area (TPSA) is 89.5 Å². The largest absolute Gasteiger partial charge is 0.422 e. The zero-order valence-corrected chi connectivity index (χ0v) is 12.2. The first-order chi connectivity index (χ1) is 11.0. The molecule has 116 valence electrons. The number of ether oxygens (including phenoxy) is 1. The molecular formula is C17H13NO5. The molecule has 0 heterocycles. The quantitative estimate of drug-likeness (QED) is 0.342. The summed E-state index contributed by atoms with van der Waals surface area (Å²) in [6.45, 7) is 1.99. The lowest BCUT2D eigenvalue weighted by molar-refractivity contribution is -0.133. The number of rotatable bonds is 4. The van der Waals surface area contributed by atoms with Gasteiger partial charge in [0.15, 0.2) is 0 Å². The third kappa shape index (κ3) is 3.88. The average molecular weight is 311 g/mol. The van der Waals surface area contributed by atoms with Crippen LogP contribution in [0.5, 0.6) is 5.75 Å². The van der Waals surface area contributed by atoms with Crippen molar-refractivity contribution >= 4 is 24.6 Å². The van der Waals surface area contributed by atoms with Crippen molar-refractivity contribution in [2.24, 2.45) is 0 Å². The van der Waals surface area contributed by atoms with Gasteiger partial charge in [-0.1, -0.05) is 29.8 Å². The first-order valence-electron chi connectivity index (χ1n) is 6.67. The van der Waals surface area contributed by atoms with E-state index in [0.29, 0.717) is 11.3 Å². The van der Waals surface area contributed by atoms with E-state index in [9.17, 15) is 19.2 Å². The van der Waals surface area contributed by atoms with Crippen LogP contribution in [0, 0.1) is 6.92 Å². The van der Waals surface area contributed by atoms with E-state index in [1.165, 1.54) is 5.56 Å². The number of hydrogen-bond acceptors (Lipinski definition) is 5. The lowest BCUT2D eigenvalue weighted by Crippen LogP contribution is -2.21. The predicted molar refractivity (Wildman–Crippen MR) is 81.8 cm³/mol. The highest BCUT2D eigenvalue weighted by Gasteiger charge is 2.20. The number of esters is 1. The molecule has 6 nitrogen and oxygen atoms in total. The summed E-state index contributed by atoms with van der Waals surface area (Å²) in [5, 5.41) is 1.61. The molecule has 2 aliphatic rings. The highest BCUT2D eigenvalue weighted by atomic mass is 16.5. The molecule has 3 rings (SSSR count). The van der Waals surface area contributed by atoms with Crippen molar-refractivity contribution in [3.63, 3.8) is 0 Å². The Balaban J connectivity index is 0.000000236. The van der Waals surface area contributed by atoms with Crippen molar-refractivity contribution < 1.29 is 23.9 Å². The molecule has 1 N–H and O–H groups in total. The number of nitrogens with one attached hydrogen (secondary N) is 1. The molecule has 1 aromatic carbocycles. The van der Waals surface area contributed by atoms with E-state index in [1.54, 1.807) is 17.4 Å². The van der Waals surface area contributed by atoms with Crippen molar-refractivity contribution in [1.29, 1.82) is 0 Å². The second kappa shape index (κ2) is 7.13. The molecule has 0 bridgehead atoms. The van der Waals surface area contributed by atoms with Crippen molar-refractivity contribution in [2.75, 3.05) is 0 Å². The van der Waals surface area contributed by atoms with Gasteiger partial charge in [0, 0.05) is 5.56 Å². The number of carbonyl (C=O) groups is 4. The van der Waals surface area contributed by atoms with Crippen LogP contribution >= 0.6 is 0 Å². The van der Waals surface area contributed by atoms with Gasteiger partial charge >= 0.3 is 5.97 Å². The zero-order chi connectivity index (χ0) is 16.8. The van der Waals surface area contributed by atoms with E-state index in [4.69, 9.17) is 4.74 Å². The molecule has 2 amide bonds. The molecule has 0 unspecified atom stereocenters. The van der Waals surface area contributed by atoms with Crippen LogP contribution in [0.1, 0.15) is 15.9 Å². The fraction of sp³-hybridized carbons (Fsp3) is 0.0588. The highest BCUT2D eigenvalue weighted by molar-refractivity contribution is 6.26. The molecule has 0 spiro atoms. The van der Waals surface area contributed by atoms with Crippen LogP contribution in [-0.2, 0) is 14.4 Å². The van der Waals surface area contributed by atoms with Crippen LogP contribution in [0.4, 0.5) is 0 Å². The van der Waals surface area contributed by atoms with Crippen LogP contribution < -0.4 is 10.1 Å². The van der Waals surface area contributed by atoms with E-state index in [1.807, 2.05) is 37.3 Å². The number of amides is 2. The number of aldehydes is 1. The number of aryl methyl sites for hydroxylation is 1. The molecule has 0 atom stereocenters. The Morgan fingerprint density at radius 1 is 1.04 bits per heavy atom. The van der Waals surface area contributed by atoms with Gasteiger partial charge < -0.3 is 4.74 Å². The van der Waals surface area contributed by atoms with Gasteiger partial charge in [-0.25, -0.2) is 4.79 Å². The smallest absolute Gasteiger partial charge is 0.343 e. The number of fused-ring (bicyclic) bond motifs is 1. The summed E-state index contributed by atoms with van der Waals surface area (Å²) < 4.78 is 5.26. The van der Waals surface area contributed by atoms with Gasteiger partial charge in [-0.3, -0.25) is 19.7 Å². The van der Waals surface area contributed by atoms with Crippen LogP contribution in [0.2, 0.25) is 0 Å². The van der Waals surface area contributed by atoms with Crippen LogP contribution in [0.15, 0.2) is 42.5 Å². The SMILES string of the molecule is Cc1ccc(C(=O)Oc2cc3ccc2-3)cc1.O=CNC(=O)C=O. The lowest BCUT2D eigenvalue weighted by Gasteiger charge is -2.19. The molecule has 2 aliphatic carbocycles. The summed E-state index contributed by atoms with van der Waals surface area (Å²) in [4.78, 5) is 40.0. The van der Waals surface area contributed by atoms with Crippen molar-refractivity contribution in [3.8, 4) is 16.9 Å². The van der Waals surface area contributed by atoms with Crippen LogP contribution in [-0.4, -0.2) is 24.6 Å². The van der Waals surface area contributed by atoms with Gasteiger partial charge in [0.2, 0.25) is 12.7 Å². The van der Waals surface area contributed by atoms with Crippen molar-refractivity contribution in [2.45, 2.75) is 6.92 Å². The second-order valence-corrected chi connectivity index (χ2v) is 4.71. The van der Waals surface area contributed by atoms with E-state index in [0.717, 1.165) is 11.1 Å². The fourth-order valence-electron chi connectivity index (χ4n) is 1.78. The van der Waals surface area contributed by atoms with Crippen LogP contribution in [0.25, 0.3) is 11.1 Å². The molecular weight excluding hydrogens is 298 g/mol. The Morgan fingerprint density at radius 3 is 2.13 bits per heavy atom. The van der Waals surface area contributed by atoms with Crippen molar-refractivity contribution in [1.82, 2.24) is 5.32 Å². The molecule has 0 aromatic heterocycles. The van der Waals surface area contributed by atoms with Gasteiger partial charge in [0.1, 0.15) is 5.75 Å². The average Bonchev–Trinajstić information content (AvgIpc) is 2.53. The minimum atomic E-state index is -0.921. The summed E-state index contributed by atoms with van der Waals surface area (Å²) in [6.07, 6.45) is 0.172. The van der Waals surface area contributed by atoms with Gasteiger partial charge in [0.25, 0.3) is 5.91 Å². The predicted octanol–water partition coefficient (Wildman–Crippen LogP) is 1.65. The Labute approximate surface area is 132 Å². The standard InChI is InChI=1S/C14H10O2.C3H3NO3/c1-9-2-4-10(5-3-9)14(15)16-13-8-11-6-7-12(11)13;5-1-3(7)4-2-6/h2-8H,1H3;1-2H,(H,4,6,7). The number of carbonyl (C=O) groups excluding carboxylic acids is 4. The monoisotopic (exact) mass is 311 g/mol. The summed E-state index contributed by atoms with van der Waals surface area (Å²) in [5.74, 6) is -0.531. The molecule has 0 saturated carbocycles. The Kier molecular flexibility index (Phi) is 4.99. The molecule has 0 aliphatic heterocycles. The Hall–Kier alpha value is -3.28. The third-order valence-corrected chi connectivity index (χ3v) is 3.09. The molecule has 0 fully saturated rings. The van der Waals surface area contributed by atoms with Crippen molar-refractivity contribution in [3.05, 3.63) is 53.6 Å². The van der Waals surface area contributed by atoms with Gasteiger partial charge in [-0.2, -0.15) is 0 Å². The summed E-state index contributed by atoms with van der Waals surface area (Å²) >= 11 is 0. The first kappa shape index (κ1) is 16.1. The minimum Gasteiger partial charge on any atom is -0.422 e. The Morgan fingerprint density at radius 2 is 1.74 bits per heavy atom. The number of benzene rings is 2. The molecule has 0 radical (unpaired) electrons. The zero-order valence-electron chi connectivity index (χ0n) is 12.2. The maximum absolute atomic E-state index is 11.7. The maximum atomic E-state index is 11.7. The highest BCUT2D eigenvalue weighted by Crippen LogP contribution is 2.43. The van der Waals surface area contributed by atoms with E-state index in [2.05, 4.69) is 0 Å². The summed E-state index contributed by atoms with van der Waals surface area (Å²) in [6, 6.07) is 13.2. The first-order valence-corrected chi connectivity index (χ1v) is 6.67. The van der Waals surface area contributed by atoms with Gasteiger partial charge in [0.05, 0.1) is 5.56 Å². The lowest BCUT2D eigenvalue weighted by atomic mass is 9.92. The van der Waals surface area contributed by atoms with Crippen LogP contribution in [0.3, 0.4) is 0 Å². The maximum Gasteiger partial charge on any atom is 0.343 e. The minimum absolute atomic E-state index is 0.0222. The molecule has 6 heteroatoms. The molecule has 0 saturated heterocycles. The third-order valence-electron chi connectivity index (χ3n) is 3.09. The van der Waals surface area contributed by atoms with Gasteiger partial charge in [-0.15, -0.1) is 0 Å². The second-order valence-electron chi connectivity index (χ2n) is 4.71. The van der Waals surface area contributed by atoms with Gasteiger partial charge in [-0.05, 0) is 30.7 Å². The normalized spacial score (nSPS) is 9.78. The molecule has 1 aromatic rings. The number of imide groups is 1. The van der Waals surface area contributed by atoms with E-state index >= 15 is 0 Å². The summed E-state index contributed by atoms with van der Waals surface area (Å²) in [7, 11) is 0. The Bertz CT molecular complexity index is 765. The molecule has 23 heavy (non-hydrogen) atoms. The number of hydrogen-bond donors (Lipinski definition) is 1.